The minimum Gasteiger partial charge on any atom is -0.261 e. The van der Waals surface area contributed by atoms with E-state index < -0.39 is 0 Å². The normalized spacial score (nSPS) is 11.2. The first kappa shape index (κ1) is 18.3. The first-order valence-corrected chi connectivity index (χ1v) is 9.13. The zero-order valence-electron chi connectivity index (χ0n) is 14.4. The third-order valence-electron chi connectivity index (χ3n) is 4.06. The molecule has 0 saturated heterocycles. The van der Waals surface area contributed by atoms with Crippen LogP contribution in [0.4, 0.5) is 10.2 Å². The van der Waals surface area contributed by atoms with Gasteiger partial charge in [0.2, 0.25) is 0 Å². The molecule has 1 N–H and O–H groups in total. The number of halogens is 3. The number of anilines is 1. The Morgan fingerprint density at radius 1 is 0.893 bits per heavy atom. The van der Waals surface area contributed by atoms with Crippen LogP contribution in [-0.4, -0.2) is 16.2 Å². The third kappa shape index (κ3) is 3.81. The van der Waals surface area contributed by atoms with Crippen molar-refractivity contribution in [3.8, 4) is 11.4 Å². The summed E-state index contributed by atoms with van der Waals surface area (Å²) >= 11 is 12.1. The van der Waals surface area contributed by atoms with E-state index in [0.717, 1.165) is 16.5 Å². The average molecular weight is 411 g/mol. The second-order valence-electron chi connectivity index (χ2n) is 5.93. The lowest BCUT2D eigenvalue weighted by molar-refractivity contribution is 0.626. The lowest BCUT2D eigenvalue weighted by Gasteiger charge is -2.09. The molecule has 4 rings (SSSR count). The molecule has 0 bridgehead atoms. The molecule has 3 aromatic carbocycles. The number of hydrogen-bond acceptors (Lipinski definition) is 4. The molecule has 0 radical (unpaired) electrons. The van der Waals surface area contributed by atoms with Crippen molar-refractivity contribution in [3.05, 3.63) is 88.2 Å². The molecule has 28 heavy (non-hydrogen) atoms. The van der Waals surface area contributed by atoms with Crippen molar-refractivity contribution in [2.24, 2.45) is 5.10 Å². The van der Waals surface area contributed by atoms with Crippen LogP contribution >= 0.6 is 23.2 Å². The number of nitrogens with one attached hydrogen (secondary N) is 1. The predicted octanol–water partition coefficient (Wildman–Crippen LogP) is 6.19. The molecule has 0 spiro atoms. The zero-order chi connectivity index (χ0) is 19.5. The van der Waals surface area contributed by atoms with E-state index in [1.54, 1.807) is 36.4 Å². The highest BCUT2D eigenvalue weighted by molar-refractivity contribution is 6.42. The molecule has 0 aliphatic heterocycles. The summed E-state index contributed by atoms with van der Waals surface area (Å²) in [6.45, 7) is 0. The van der Waals surface area contributed by atoms with Gasteiger partial charge in [0.05, 0.1) is 21.8 Å². The third-order valence-corrected chi connectivity index (χ3v) is 4.80. The van der Waals surface area contributed by atoms with Crippen molar-refractivity contribution in [2.75, 3.05) is 5.43 Å². The van der Waals surface area contributed by atoms with Crippen LogP contribution in [0.25, 0.3) is 22.3 Å². The van der Waals surface area contributed by atoms with Gasteiger partial charge in [0.1, 0.15) is 5.82 Å². The lowest BCUT2D eigenvalue weighted by atomic mass is 10.2. The average Bonchev–Trinajstić information content (AvgIpc) is 2.71. The molecule has 4 aromatic rings. The molecule has 0 amide bonds. The maximum atomic E-state index is 13.8. The highest BCUT2D eigenvalue weighted by atomic mass is 35.5. The predicted molar refractivity (Wildman–Crippen MR) is 113 cm³/mol. The van der Waals surface area contributed by atoms with Gasteiger partial charge in [-0.3, -0.25) is 5.43 Å². The van der Waals surface area contributed by atoms with Gasteiger partial charge in [-0.05, 0) is 36.4 Å². The molecule has 7 heteroatoms. The van der Waals surface area contributed by atoms with Gasteiger partial charge < -0.3 is 0 Å². The molecule has 0 unspecified atom stereocenters. The number of para-hydroxylation sites is 1. The Balaban J connectivity index is 1.74. The van der Waals surface area contributed by atoms with E-state index in [9.17, 15) is 4.39 Å². The van der Waals surface area contributed by atoms with E-state index in [1.807, 2.05) is 24.3 Å². The van der Waals surface area contributed by atoms with Crippen molar-refractivity contribution in [3.63, 3.8) is 0 Å². The fourth-order valence-corrected chi connectivity index (χ4v) is 2.97. The quantitative estimate of drug-likeness (QED) is 0.322. The molecule has 0 atom stereocenters. The Hall–Kier alpha value is -3.02. The van der Waals surface area contributed by atoms with Gasteiger partial charge in [0, 0.05) is 16.5 Å². The van der Waals surface area contributed by atoms with Crippen LogP contribution < -0.4 is 5.43 Å². The minimum atomic E-state index is -0.350. The monoisotopic (exact) mass is 410 g/mol. The molecule has 4 nitrogen and oxygen atoms in total. The summed E-state index contributed by atoms with van der Waals surface area (Å²) in [5.41, 5.74) is 4.73. The number of rotatable bonds is 4. The van der Waals surface area contributed by atoms with E-state index in [2.05, 4.69) is 20.5 Å². The molecular weight excluding hydrogens is 398 g/mol. The fourth-order valence-electron chi connectivity index (χ4n) is 2.67. The first-order chi connectivity index (χ1) is 13.6. The van der Waals surface area contributed by atoms with Gasteiger partial charge in [-0.25, -0.2) is 14.4 Å². The summed E-state index contributed by atoms with van der Waals surface area (Å²) in [4.78, 5) is 9.16. The van der Waals surface area contributed by atoms with Crippen LogP contribution in [0.3, 0.4) is 0 Å². The van der Waals surface area contributed by atoms with Gasteiger partial charge in [-0.15, -0.1) is 0 Å². The van der Waals surface area contributed by atoms with Gasteiger partial charge in [-0.2, -0.15) is 5.10 Å². The zero-order valence-corrected chi connectivity index (χ0v) is 15.9. The number of fused-ring (bicyclic) bond motifs is 1. The van der Waals surface area contributed by atoms with Crippen LogP contribution in [-0.2, 0) is 0 Å². The van der Waals surface area contributed by atoms with E-state index >= 15 is 0 Å². The maximum Gasteiger partial charge on any atom is 0.162 e. The largest absolute Gasteiger partial charge is 0.261 e. The summed E-state index contributed by atoms with van der Waals surface area (Å²) < 4.78 is 13.8. The summed E-state index contributed by atoms with van der Waals surface area (Å²) in [5, 5.41) is 5.80. The highest BCUT2D eigenvalue weighted by Crippen LogP contribution is 2.29. The van der Waals surface area contributed by atoms with Gasteiger partial charge in [0.15, 0.2) is 11.6 Å². The number of benzene rings is 3. The van der Waals surface area contributed by atoms with Crippen molar-refractivity contribution in [1.29, 1.82) is 0 Å². The minimum absolute atomic E-state index is 0.350. The van der Waals surface area contributed by atoms with Crippen molar-refractivity contribution < 1.29 is 4.39 Å². The lowest BCUT2D eigenvalue weighted by Crippen LogP contribution is -1.99. The molecular formula is C21H13Cl2FN4. The maximum absolute atomic E-state index is 13.8. The Kier molecular flexibility index (Phi) is 5.19. The first-order valence-electron chi connectivity index (χ1n) is 8.37. The standard InChI is InChI=1S/C21H13Cl2FN4/c22-16-10-9-13(11-17(16)23)20-26-19-8-4-2-6-15(19)21(27-20)28-25-12-14-5-1-3-7-18(14)24/h1-12H,(H,26,27,28). The molecule has 0 fully saturated rings. The Bertz CT molecular complexity index is 1190. The van der Waals surface area contributed by atoms with Crippen molar-refractivity contribution >= 4 is 46.1 Å². The SMILES string of the molecule is Fc1ccccc1C=NNc1nc(-c2ccc(Cl)c(Cl)c2)nc2ccccc12. The van der Waals surface area contributed by atoms with Crippen molar-refractivity contribution in [2.45, 2.75) is 0 Å². The second kappa shape index (κ2) is 7.92. The van der Waals surface area contributed by atoms with Crippen LogP contribution in [0.15, 0.2) is 71.8 Å². The summed E-state index contributed by atoms with van der Waals surface area (Å²) in [5.74, 6) is 0.622. The van der Waals surface area contributed by atoms with Crippen molar-refractivity contribution in [1.82, 2.24) is 9.97 Å². The second-order valence-corrected chi connectivity index (χ2v) is 6.75. The fraction of sp³-hybridized carbons (Fsp3) is 0. The molecule has 1 heterocycles. The number of aromatic nitrogens is 2. The van der Waals surface area contributed by atoms with E-state index in [0.29, 0.717) is 27.3 Å². The summed E-state index contributed by atoms with van der Waals surface area (Å²) in [6.07, 6.45) is 1.41. The van der Waals surface area contributed by atoms with E-state index in [4.69, 9.17) is 23.2 Å². The van der Waals surface area contributed by atoms with Gasteiger partial charge in [0.25, 0.3) is 0 Å². The Labute approximate surface area is 170 Å². The van der Waals surface area contributed by atoms with Crippen LogP contribution in [0.2, 0.25) is 10.0 Å². The molecule has 1 aromatic heterocycles. The highest BCUT2D eigenvalue weighted by Gasteiger charge is 2.10. The Morgan fingerprint density at radius 3 is 2.50 bits per heavy atom. The smallest absolute Gasteiger partial charge is 0.162 e. The topological polar surface area (TPSA) is 50.2 Å². The number of hydrogen-bond donors (Lipinski definition) is 1. The van der Waals surface area contributed by atoms with Crippen LogP contribution in [0, 0.1) is 5.82 Å². The van der Waals surface area contributed by atoms with Crippen LogP contribution in [0.5, 0.6) is 0 Å². The summed E-state index contributed by atoms with van der Waals surface area (Å²) in [6, 6.07) is 19.1. The van der Waals surface area contributed by atoms with E-state index in [1.165, 1.54) is 12.3 Å². The molecule has 0 saturated carbocycles. The molecule has 0 aliphatic carbocycles. The molecule has 0 aliphatic rings. The molecule has 138 valence electrons. The van der Waals surface area contributed by atoms with Crippen LogP contribution in [0.1, 0.15) is 5.56 Å². The summed E-state index contributed by atoms with van der Waals surface area (Å²) in [7, 11) is 0. The van der Waals surface area contributed by atoms with Gasteiger partial charge in [-0.1, -0.05) is 53.5 Å². The van der Waals surface area contributed by atoms with Gasteiger partial charge >= 0.3 is 0 Å². The van der Waals surface area contributed by atoms with E-state index in [-0.39, 0.29) is 5.82 Å². The Morgan fingerprint density at radius 2 is 1.68 bits per heavy atom. The number of hydrazone groups is 1. The number of nitrogens with zero attached hydrogens (tertiary/aromatic N) is 3.